The molecule has 0 unspecified atom stereocenters. The third-order valence-electron chi connectivity index (χ3n) is 5.21. The van der Waals surface area contributed by atoms with Crippen molar-refractivity contribution in [3.63, 3.8) is 0 Å². The van der Waals surface area contributed by atoms with E-state index >= 15 is 0 Å². The lowest BCUT2D eigenvalue weighted by Crippen LogP contribution is -2.30. The maximum Gasteiger partial charge on any atom is 0.237 e. The summed E-state index contributed by atoms with van der Waals surface area (Å²) in [5.41, 5.74) is 3.08. The molecule has 1 amide bonds. The van der Waals surface area contributed by atoms with E-state index in [1.807, 2.05) is 69.4 Å². The highest BCUT2D eigenvalue weighted by Gasteiger charge is 2.26. The van der Waals surface area contributed by atoms with Crippen LogP contribution in [0.4, 0.5) is 5.69 Å². The van der Waals surface area contributed by atoms with Gasteiger partial charge in [-0.15, -0.1) is 21.5 Å². The Morgan fingerprint density at radius 1 is 1.06 bits per heavy atom. The van der Waals surface area contributed by atoms with Gasteiger partial charge in [-0.25, -0.2) is 0 Å². The van der Waals surface area contributed by atoms with E-state index in [0.717, 1.165) is 40.8 Å². The number of fused-ring (bicyclic) bond motifs is 1. The summed E-state index contributed by atoms with van der Waals surface area (Å²) in [5.74, 6) is 1.82. The van der Waals surface area contributed by atoms with E-state index in [9.17, 15) is 4.79 Å². The second-order valence-electron chi connectivity index (χ2n) is 7.00. The van der Waals surface area contributed by atoms with Crippen LogP contribution in [0.1, 0.15) is 5.56 Å². The van der Waals surface area contributed by atoms with Crippen LogP contribution in [-0.4, -0.2) is 40.1 Å². The zero-order valence-electron chi connectivity index (χ0n) is 16.9. The number of carbonyl (C=O) groups excluding carboxylic acids is 1. The van der Waals surface area contributed by atoms with Crippen molar-refractivity contribution in [2.45, 2.75) is 11.6 Å². The number of nitrogens with zero attached hydrogens (tertiary/aromatic N) is 4. The Balaban J connectivity index is 1.45. The topological polar surface area (TPSA) is 60.2 Å². The Morgan fingerprint density at radius 3 is 2.68 bits per heavy atom. The fourth-order valence-electron chi connectivity index (χ4n) is 3.76. The van der Waals surface area contributed by atoms with Crippen LogP contribution in [0.25, 0.3) is 16.4 Å². The van der Waals surface area contributed by atoms with E-state index < -0.39 is 0 Å². The van der Waals surface area contributed by atoms with Gasteiger partial charge in [-0.3, -0.25) is 9.36 Å². The molecule has 0 atom stereocenters. The molecule has 31 heavy (non-hydrogen) atoms. The van der Waals surface area contributed by atoms with Gasteiger partial charge in [0.1, 0.15) is 5.75 Å². The quantitative estimate of drug-likeness (QED) is 0.401. The zero-order valence-corrected chi connectivity index (χ0v) is 18.5. The molecule has 0 aliphatic carbocycles. The number of ether oxygens (including phenoxy) is 1. The minimum Gasteiger partial charge on any atom is -0.495 e. The molecule has 0 fully saturated rings. The summed E-state index contributed by atoms with van der Waals surface area (Å²) in [6, 6.07) is 19.9. The van der Waals surface area contributed by atoms with Crippen molar-refractivity contribution in [3.05, 3.63) is 71.6 Å². The van der Waals surface area contributed by atoms with Gasteiger partial charge in [-0.1, -0.05) is 48.2 Å². The van der Waals surface area contributed by atoms with Gasteiger partial charge in [0.05, 0.1) is 23.4 Å². The molecule has 2 aromatic carbocycles. The number of amides is 1. The number of rotatable bonds is 6. The summed E-state index contributed by atoms with van der Waals surface area (Å²) in [4.78, 5) is 15.9. The molecule has 1 aliphatic rings. The molecule has 8 heteroatoms. The first kappa shape index (κ1) is 19.8. The number of para-hydroxylation sites is 3. The number of anilines is 1. The van der Waals surface area contributed by atoms with E-state index in [2.05, 4.69) is 16.3 Å². The van der Waals surface area contributed by atoms with Crippen molar-refractivity contribution in [3.8, 4) is 22.1 Å². The van der Waals surface area contributed by atoms with Crippen molar-refractivity contribution in [1.29, 1.82) is 0 Å². The minimum atomic E-state index is 0.0715. The molecule has 0 radical (unpaired) electrons. The highest BCUT2D eigenvalue weighted by atomic mass is 32.2. The minimum absolute atomic E-state index is 0.0715. The van der Waals surface area contributed by atoms with Crippen LogP contribution in [0.5, 0.6) is 5.75 Å². The van der Waals surface area contributed by atoms with Gasteiger partial charge in [0.2, 0.25) is 5.91 Å². The van der Waals surface area contributed by atoms with Crippen molar-refractivity contribution >= 4 is 34.7 Å². The summed E-state index contributed by atoms with van der Waals surface area (Å²) in [5, 5.41) is 11.5. The van der Waals surface area contributed by atoms with Crippen molar-refractivity contribution < 1.29 is 9.53 Å². The second kappa shape index (κ2) is 8.56. The number of thiophene rings is 1. The molecule has 0 spiro atoms. The number of aromatic nitrogens is 3. The van der Waals surface area contributed by atoms with Crippen LogP contribution in [0, 0.1) is 0 Å². The van der Waals surface area contributed by atoms with Crippen LogP contribution in [-0.2, 0) is 11.2 Å². The zero-order chi connectivity index (χ0) is 21.2. The number of methoxy groups -OCH3 is 1. The highest BCUT2D eigenvalue weighted by molar-refractivity contribution is 7.99. The fourth-order valence-corrected chi connectivity index (χ4v) is 5.28. The molecule has 5 rings (SSSR count). The number of hydrogen-bond acceptors (Lipinski definition) is 6. The van der Waals surface area contributed by atoms with Gasteiger partial charge in [0, 0.05) is 12.2 Å². The largest absolute Gasteiger partial charge is 0.495 e. The third-order valence-corrected chi connectivity index (χ3v) is 6.99. The van der Waals surface area contributed by atoms with E-state index in [4.69, 9.17) is 4.74 Å². The third kappa shape index (κ3) is 3.73. The number of benzene rings is 2. The Labute approximate surface area is 188 Å². The first-order chi connectivity index (χ1) is 15.3. The summed E-state index contributed by atoms with van der Waals surface area (Å²) < 4.78 is 7.56. The van der Waals surface area contributed by atoms with Gasteiger partial charge >= 0.3 is 0 Å². The molecule has 2 aromatic heterocycles. The normalized spacial score (nSPS) is 12.7. The Kier molecular flexibility index (Phi) is 5.48. The van der Waals surface area contributed by atoms with Crippen molar-refractivity contribution in [2.24, 2.45) is 0 Å². The van der Waals surface area contributed by atoms with Crippen LogP contribution in [0.15, 0.2) is 71.2 Å². The average Bonchev–Trinajstić information content (AvgIpc) is 3.56. The summed E-state index contributed by atoms with van der Waals surface area (Å²) in [6.45, 7) is 0.721. The van der Waals surface area contributed by atoms with E-state index in [-0.39, 0.29) is 11.7 Å². The lowest BCUT2D eigenvalue weighted by Gasteiger charge is -2.17. The molecule has 1 aliphatic heterocycles. The van der Waals surface area contributed by atoms with Gasteiger partial charge in [-0.2, -0.15) is 0 Å². The monoisotopic (exact) mass is 448 g/mol. The SMILES string of the molecule is COc1ccccc1-n1c(SCC(=O)N2CCc3ccccc32)nnc1-c1cccs1. The molecular weight excluding hydrogens is 428 g/mol. The lowest BCUT2D eigenvalue weighted by molar-refractivity contribution is -0.116. The molecular formula is C23H20N4O2S2. The molecule has 0 N–H and O–H groups in total. The fraction of sp³-hybridized carbons (Fsp3) is 0.174. The standard InChI is InChI=1S/C23H20N4O2S2/c1-29-19-10-5-4-9-18(19)27-22(20-11-6-14-30-20)24-25-23(27)31-15-21(28)26-13-12-16-7-2-3-8-17(16)26/h2-11,14H,12-13,15H2,1H3. The Hall–Kier alpha value is -3.10. The smallest absolute Gasteiger partial charge is 0.237 e. The maximum absolute atomic E-state index is 13.0. The molecule has 4 aromatic rings. The first-order valence-electron chi connectivity index (χ1n) is 9.90. The molecule has 0 saturated carbocycles. The number of carbonyl (C=O) groups is 1. The number of hydrogen-bond donors (Lipinski definition) is 0. The van der Waals surface area contributed by atoms with Gasteiger partial charge in [-0.05, 0) is 41.6 Å². The van der Waals surface area contributed by atoms with E-state index in [0.29, 0.717) is 5.16 Å². The second-order valence-corrected chi connectivity index (χ2v) is 8.89. The molecule has 0 bridgehead atoms. The molecule has 156 valence electrons. The number of thioether (sulfide) groups is 1. The predicted molar refractivity (Wildman–Crippen MR) is 124 cm³/mol. The lowest BCUT2D eigenvalue weighted by atomic mass is 10.2. The van der Waals surface area contributed by atoms with Crippen LogP contribution in [0.3, 0.4) is 0 Å². The first-order valence-corrected chi connectivity index (χ1v) is 11.8. The highest BCUT2D eigenvalue weighted by Crippen LogP contribution is 2.35. The van der Waals surface area contributed by atoms with E-state index in [1.54, 1.807) is 18.4 Å². The average molecular weight is 449 g/mol. The van der Waals surface area contributed by atoms with Crippen LogP contribution >= 0.6 is 23.1 Å². The van der Waals surface area contributed by atoms with Crippen LogP contribution in [0.2, 0.25) is 0 Å². The Morgan fingerprint density at radius 2 is 1.87 bits per heavy atom. The predicted octanol–water partition coefficient (Wildman–Crippen LogP) is 4.69. The summed E-state index contributed by atoms with van der Waals surface area (Å²) in [6.07, 6.45) is 0.895. The van der Waals surface area contributed by atoms with Crippen molar-refractivity contribution in [1.82, 2.24) is 14.8 Å². The maximum atomic E-state index is 13.0. The summed E-state index contributed by atoms with van der Waals surface area (Å²) >= 11 is 3.00. The van der Waals surface area contributed by atoms with Crippen molar-refractivity contribution in [2.75, 3.05) is 24.3 Å². The van der Waals surface area contributed by atoms with Gasteiger partial charge < -0.3 is 9.64 Å². The summed E-state index contributed by atoms with van der Waals surface area (Å²) in [7, 11) is 1.65. The Bertz CT molecular complexity index is 1220. The van der Waals surface area contributed by atoms with E-state index in [1.165, 1.54) is 17.3 Å². The van der Waals surface area contributed by atoms with Crippen LogP contribution < -0.4 is 9.64 Å². The molecule has 6 nitrogen and oxygen atoms in total. The van der Waals surface area contributed by atoms with Gasteiger partial charge in [0.25, 0.3) is 0 Å². The van der Waals surface area contributed by atoms with Gasteiger partial charge in [0.15, 0.2) is 11.0 Å². The molecule has 0 saturated heterocycles. The molecule has 3 heterocycles.